The number of nitrogens with zero attached hydrogens (tertiary/aromatic N) is 1. The van der Waals surface area contributed by atoms with Gasteiger partial charge in [0.25, 0.3) is 17.7 Å². The number of benzene rings is 3. The molecule has 3 aromatic carbocycles. The van der Waals surface area contributed by atoms with E-state index in [1.807, 2.05) is 37.3 Å². The molecule has 1 aliphatic rings. The summed E-state index contributed by atoms with van der Waals surface area (Å²) in [6.07, 6.45) is 0.712. The molecular weight excluding hydrogens is 466 g/mol. The van der Waals surface area contributed by atoms with E-state index in [1.165, 1.54) is 7.11 Å². The van der Waals surface area contributed by atoms with Gasteiger partial charge < -0.3 is 15.4 Å². The molecule has 3 amide bonds. The van der Waals surface area contributed by atoms with Gasteiger partial charge in [-0.3, -0.25) is 14.4 Å². The van der Waals surface area contributed by atoms with Crippen molar-refractivity contribution in [3.63, 3.8) is 0 Å². The first-order valence-corrected chi connectivity index (χ1v) is 11.4. The number of rotatable bonds is 8. The zero-order valence-electron chi connectivity index (χ0n) is 19.3. The van der Waals surface area contributed by atoms with Gasteiger partial charge in [0, 0.05) is 17.8 Å². The quantitative estimate of drug-likeness (QED) is 0.457. The van der Waals surface area contributed by atoms with Crippen LogP contribution in [0.15, 0.2) is 83.5 Å². The first-order valence-electron chi connectivity index (χ1n) is 11.0. The molecule has 0 spiro atoms. The normalized spacial score (nSPS) is 13.3. The fraction of sp³-hybridized carbons (Fsp3) is 0.148. The Morgan fingerprint density at radius 2 is 1.69 bits per heavy atom. The van der Waals surface area contributed by atoms with Crippen molar-refractivity contribution in [2.45, 2.75) is 13.3 Å². The summed E-state index contributed by atoms with van der Waals surface area (Å²) in [5.41, 5.74) is 3.17. The minimum Gasteiger partial charge on any atom is -0.497 e. The lowest BCUT2D eigenvalue weighted by molar-refractivity contribution is -0.120. The molecule has 2 N–H and O–H groups in total. The molecule has 0 radical (unpaired) electrons. The van der Waals surface area contributed by atoms with Gasteiger partial charge >= 0.3 is 0 Å². The Kier molecular flexibility index (Phi) is 7.17. The second-order valence-corrected chi connectivity index (χ2v) is 8.36. The van der Waals surface area contributed by atoms with Crippen molar-refractivity contribution in [3.05, 3.63) is 100 Å². The maximum absolute atomic E-state index is 13.1. The number of anilines is 2. The lowest BCUT2D eigenvalue weighted by Gasteiger charge is -2.16. The Hall–Kier alpha value is -4.10. The predicted molar refractivity (Wildman–Crippen MR) is 136 cm³/mol. The first kappa shape index (κ1) is 24.0. The van der Waals surface area contributed by atoms with Gasteiger partial charge in [-0.05, 0) is 60.9 Å². The van der Waals surface area contributed by atoms with Crippen LogP contribution in [0.4, 0.5) is 11.4 Å². The molecule has 0 aliphatic carbocycles. The highest BCUT2D eigenvalue weighted by Gasteiger charge is 2.39. The third-order valence-corrected chi connectivity index (χ3v) is 6.01. The predicted octanol–water partition coefficient (Wildman–Crippen LogP) is 4.41. The smallest absolute Gasteiger partial charge is 0.283 e. The van der Waals surface area contributed by atoms with E-state index >= 15 is 0 Å². The zero-order chi connectivity index (χ0) is 24.9. The summed E-state index contributed by atoms with van der Waals surface area (Å²) >= 11 is 6.26. The topological polar surface area (TPSA) is 87.7 Å². The number of carbonyl (C=O) groups excluding carboxylic acids is 3. The number of nitrogens with one attached hydrogen (secondary N) is 2. The van der Waals surface area contributed by atoms with Crippen molar-refractivity contribution in [3.8, 4) is 5.75 Å². The lowest BCUT2D eigenvalue weighted by Crippen LogP contribution is -2.32. The van der Waals surface area contributed by atoms with Crippen LogP contribution in [0.3, 0.4) is 0 Å². The van der Waals surface area contributed by atoms with Crippen LogP contribution in [-0.2, 0) is 16.0 Å². The van der Waals surface area contributed by atoms with Crippen LogP contribution in [-0.4, -0.2) is 31.4 Å². The van der Waals surface area contributed by atoms with Gasteiger partial charge in [0.2, 0.25) is 0 Å². The SMILES string of the molecule is COc1ccc(N2C(=O)C(Cl)=C(Nc3cc(C(=O)NCCc4ccccc4)ccc3C)C2=O)cc1. The Labute approximate surface area is 208 Å². The summed E-state index contributed by atoms with van der Waals surface area (Å²) in [7, 11) is 1.53. The van der Waals surface area contributed by atoms with Crippen LogP contribution in [0.1, 0.15) is 21.5 Å². The minimum absolute atomic E-state index is 0.0442. The van der Waals surface area contributed by atoms with Crippen LogP contribution in [0.2, 0.25) is 0 Å². The molecule has 0 aromatic heterocycles. The van der Waals surface area contributed by atoms with E-state index < -0.39 is 11.8 Å². The Bertz CT molecular complexity index is 1300. The van der Waals surface area contributed by atoms with Gasteiger partial charge in [-0.1, -0.05) is 48.0 Å². The van der Waals surface area contributed by atoms with E-state index in [0.717, 1.165) is 16.0 Å². The number of methoxy groups -OCH3 is 1. The average Bonchev–Trinajstić information content (AvgIpc) is 3.08. The van der Waals surface area contributed by atoms with Crippen molar-refractivity contribution < 1.29 is 19.1 Å². The largest absolute Gasteiger partial charge is 0.497 e. The molecule has 8 heteroatoms. The molecule has 0 saturated heterocycles. The minimum atomic E-state index is -0.628. The van der Waals surface area contributed by atoms with Crippen molar-refractivity contribution in [2.75, 3.05) is 23.9 Å². The molecule has 178 valence electrons. The molecule has 35 heavy (non-hydrogen) atoms. The Balaban J connectivity index is 1.48. The van der Waals surface area contributed by atoms with E-state index in [4.69, 9.17) is 16.3 Å². The van der Waals surface area contributed by atoms with Gasteiger partial charge in [-0.2, -0.15) is 0 Å². The molecule has 0 unspecified atom stereocenters. The number of hydrogen-bond acceptors (Lipinski definition) is 5. The summed E-state index contributed by atoms with van der Waals surface area (Å²) in [5.74, 6) is -0.850. The van der Waals surface area contributed by atoms with Gasteiger partial charge in [0.15, 0.2) is 0 Å². The van der Waals surface area contributed by atoms with Crippen LogP contribution in [0.25, 0.3) is 0 Å². The molecule has 0 atom stereocenters. The van der Waals surface area contributed by atoms with Gasteiger partial charge in [0.1, 0.15) is 16.5 Å². The maximum Gasteiger partial charge on any atom is 0.283 e. The monoisotopic (exact) mass is 489 g/mol. The number of amides is 3. The molecule has 7 nitrogen and oxygen atoms in total. The fourth-order valence-corrected chi connectivity index (χ4v) is 3.89. The second kappa shape index (κ2) is 10.4. The summed E-state index contributed by atoms with van der Waals surface area (Å²) in [5, 5.41) is 5.66. The van der Waals surface area contributed by atoms with E-state index in [0.29, 0.717) is 35.7 Å². The standard InChI is InChI=1S/C27H24ClN3O4/c1-17-8-9-19(25(32)29-15-14-18-6-4-3-5-7-18)16-22(17)30-24-23(28)26(33)31(27(24)34)20-10-12-21(35-2)13-11-20/h3-13,16,30H,14-15H2,1-2H3,(H,29,32). The number of ether oxygens (including phenoxy) is 1. The third-order valence-electron chi connectivity index (χ3n) is 5.66. The summed E-state index contributed by atoms with van der Waals surface area (Å²) in [6.45, 7) is 2.32. The van der Waals surface area contributed by atoms with Crippen molar-refractivity contribution in [1.82, 2.24) is 5.32 Å². The number of carbonyl (C=O) groups is 3. The molecule has 3 aromatic rings. The zero-order valence-corrected chi connectivity index (χ0v) is 20.1. The number of hydrogen-bond donors (Lipinski definition) is 2. The van der Waals surface area contributed by atoms with Crippen molar-refractivity contribution >= 4 is 40.7 Å². The van der Waals surface area contributed by atoms with Crippen LogP contribution in [0.5, 0.6) is 5.75 Å². The summed E-state index contributed by atoms with van der Waals surface area (Å²) in [4.78, 5) is 39.5. The van der Waals surface area contributed by atoms with E-state index in [-0.39, 0.29) is 16.6 Å². The van der Waals surface area contributed by atoms with Crippen molar-refractivity contribution in [2.24, 2.45) is 0 Å². The molecule has 0 fully saturated rings. The van der Waals surface area contributed by atoms with Gasteiger partial charge in [-0.25, -0.2) is 4.90 Å². The molecule has 0 bridgehead atoms. The Morgan fingerprint density at radius 1 is 0.971 bits per heavy atom. The number of halogens is 1. The van der Waals surface area contributed by atoms with Crippen LogP contribution in [0, 0.1) is 6.92 Å². The maximum atomic E-state index is 13.1. The number of imide groups is 1. The van der Waals surface area contributed by atoms with Crippen LogP contribution >= 0.6 is 11.6 Å². The van der Waals surface area contributed by atoms with Crippen molar-refractivity contribution in [1.29, 1.82) is 0 Å². The van der Waals surface area contributed by atoms with Gasteiger partial charge in [-0.15, -0.1) is 0 Å². The Morgan fingerprint density at radius 3 is 2.37 bits per heavy atom. The lowest BCUT2D eigenvalue weighted by atomic mass is 10.1. The summed E-state index contributed by atoms with van der Waals surface area (Å²) < 4.78 is 5.13. The van der Waals surface area contributed by atoms with E-state index in [9.17, 15) is 14.4 Å². The molecule has 4 rings (SSSR count). The van der Waals surface area contributed by atoms with Crippen LogP contribution < -0.4 is 20.3 Å². The molecule has 1 aliphatic heterocycles. The van der Waals surface area contributed by atoms with E-state index in [2.05, 4.69) is 10.6 Å². The molecule has 1 heterocycles. The highest BCUT2D eigenvalue weighted by Crippen LogP contribution is 2.32. The van der Waals surface area contributed by atoms with E-state index in [1.54, 1.807) is 42.5 Å². The molecule has 0 saturated carbocycles. The summed E-state index contributed by atoms with van der Waals surface area (Å²) in [6, 6.07) is 21.5. The highest BCUT2D eigenvalue weighted by molar-refractivity contribution is 6.53. The number of aryl methyl sites for hydroxylation is 1. The highest BCUT2D eigenvalue weighted by atomic mass is 35.5. The third kappa shape index (κ3) is 5.20. The van der Waals surface area contributed by atoms with Gasteiger partial charge in [0.05, 0.1) is 12.8 Å². The fourth-order valence-electron chi connectivity index (χ4n) is 3.68. The second-order valence-electron chi connectivity index (χ2n) is 7.98. The molecular formula is C27H24ClN3O4. The first-order chi connectivity index (χ1) is 16.9. The average molecular weight is 490 g/mol.